The van der Waals surface area contributed by atoms with E-state index in [4.69, 9.17) is 9.84 Å². The molecule has 1 aromatic carbocycles. The number of benzene rings is 1. The minimum absolute atomic E-state index is 0.114. The molecule has 4 nitrogen and oxygen atoms in total. The smallest absolute Gasteiger partial charge is 0.260 e. The van der Waals surface area contributed by atoms with Crippen molar-refractivity contribution < 1.29 is 23.4 Å². The number of carbonyl (C=O) groups excluding carboxylic acids is 1. The topological polar surface area (TPSA) is 49.8 Å². The molecule has 1 aliphatic rings. The first-order valence-electron chi connectivity index (χ1n) is 6.43. The maximum atomic E-state index is 14.0. The van der Waals surface area contributed by atoms with Crippen molar-refractivity contribution in [3.63, 3.8) is 0 Å². The summed E-state index contributed by atoms with van der Waals surface area (Å²) >= 11 is 0. The number of carbonyl (C=O) groups is 1. The average molecular weight is 285 g/mol. The lowest BCUT2D eigenvalue weighted by Gasteiger charge is -2.37. The molecule has 0 bridgehead atoms. The molecule has 0 aliphatic carbocycles. The van der Waals surface area contributed by atoms with Gasteiger partial charge in [0.1, 0.15) is 17.2 Å². The summed E-state index contributed by atoms with van der Waals surface area (Å²) in [6, 6.07) is 2.07. The highest BCUT2D eigenvalue weighted by Gasteiger charge is 2.32. The molecule has 2 atom stereocenters. The van der Waals surface area contributed by atoms with Gasteiger partial charge < -0.3 is 14.7 Å². The van der Waals surface area contributed by atoms with E-state index < -0.39 is 29.2 Å². The number of morpholine rings is 1. The number of aryl methyl sites for hydroxylation is 1. The van der Waals surface area contributed by atoms with Crippen molar-refractivity contribution in [2.45, 2.75) is 26.0 Å². The van der Waals surface area contributed by atoms with Crippen LogP contribution in [0.2, 0.25) is 0 Å². The zero-order chi connectivity index (χ0) is 14.9. The number of amides is 1. The molecule has 0 saturated carbocycles. The van der Waals surface area contributed by atoms with Crippen molar-refractivity contribution in [2.75, 3.05) is 19.8 Å². The van der Waals surface area contributed by atoms with Gasteiger partial charge in [0, 0.05) is 6.54 Å². The first-order chi connectivity index (χ1) is 9.45. The Labute approximate surface area is 116 Å². The van der Waals surface area contributed by atoms with Crippen LogP contribution in [-0.4, -0.2) is 47.8 Å². The molecule has 1 N–H and O–H groups in total. The van der Waals surface area contributed by atoms with Gasteiger partial charge in [0.15, 0.2) is 0 Å². The lowest BCUT2D eigenvalue weighted by molar-refractivity contribution is -0.0669. The zero-order valence-electron chi connectivity index (χ0n) is 11.4. The molecule has 1 aromatic rings. The molecule has 2 unspecified atom stereocenters. The van der Waals surface area contributed by atoms with E-state index in [1.54, 1.807) is 6.92 Å². The van der Waals surface area contributed by atoms with E-state index in [0.29, 0.717) is 0 Å². The number of hydrogen-bond donors (Lipinski definition) is 1. The first kappa shape index (κ1) is 14.9. The second-order valence-corrected chi connectivity index (χ2v) is 5.00. The molecular weight excluding hydrogens is 268 g/mol. The molecule has 0 aromatic heterocycles. The summed E-state index contributed by atoms with van der Waals surface area (Å²) < 4.78 is 33.1. The SMILES string of the molecule is Cc1ccc(F)c(C(=O)N2CC(CO)OCC2C)c1F. The number of rotatable bonds is 2. The van der Waals surface area contributed by atoms with Crippen LogP contribution in [0.1, 0.15) is 22.8 Å². The minimum atomic E-state index is -0.877. The summed E-state index contributed by atoms with van der Waals surface area (Å²) in [7, 11) is 0. The van der Waals surface area contributed by atoms with Gasteiger partial charge in [-0.15, -0.1) is 0 Å². The molecule has 1 amide bonds. The number of nitrogens with zero attached hydrogens (tertiary/aromatic N) is 1. The van der Waals surface area contributed by atoms with Gasteiger partial charge in [-0.2, -0.15) is 0 Å². The highest BCUT2D eigenvalue weighted by molar-refractivity contribution is 5.95. The summed E-state index contributed by atoms with van der Waals surface area (Å²) in [6.45, 7) is 3.31. The first-order valence-corrected chi connectivity index (χ1v) is 6.43. The third kappa shape index (κ3) is 2.66. The molecule has 2 rings (SSSR count). The molecule has 1 saturated heterocycles. The van der Waals surface area contributed by atoms with Crippen LogP contribution >= 0.6 is 0 Å². The molecule has 1 fully saturated rings. The van der Waals surface area contributed by atoms with E-state index in [1.165, 1.54) is 17.9 Å². The Morgan fingerprint density at radius 2 is 2.20 bits per heavy atom. The van der Waals surface area contributed by atoms with E-state index in [2.05, 4.69) is 0 Å². The fraction of sp³-hybridized carbons (Fsp3) is 0.500. The van der Waals surface area contributed by atoms with Crippen molar-refractivity contribution in [2.24, 2.45) is 0 Å². The summed E-state index contributed by atoms with van der Waals surface area (Å²) in [5.41, 5.74) is -0.329. The standard InChI is InChI=1S/C14H17F2NO3/c1-8-3-4-11(15)12(13(8)16)14(19)17-5-10(6-18)20-7-9(17)2/h3-4,9-10,18H,5-7H2,1-2H3. The van der Waals surface area contributed by atoms with Crippen LogP contribution in [-0.2, 0) is 4.74 Å². The minimum Gasteiger partial charge on any atom is -0.394 e. The molecule has 0 radical (unpaired) electrons. The summed E-state index contributed by atoms with van der Waals surface area (Å²) in [5.74, 6) is -2.43. The van der Waals surface area contributed by atoms with E-state index in [-0.39, 0.29) is 31.4 Å². The quantitative estimate of drug-likeness (QED) is 0.896. The Morgan fingerprint density at radius 3 is 2.85 bits per heavy atom. The fourth-order valence-electron chi connectivity index (χ4n) is 2.21. The molecule has 0 spiro atoms. The second kappa shape index (κ2) is 5.85. The predicted molar refractivity (Wildman–Crippen MR) is 68.4 cm³/mol. The summed E-state index contributed by atoms with van der Waals surface area (Å²) in [6.07, 6.45) is -0.522. The van der Waals surface area contributed by atoms with Crippen LogP contribution in [0.5, 0.6) is 0 Å². The van der Waals surface area contributed by atoms with E-state index in [1.807, 2.05) is 0 Å². The molecule has 1 heterocycles. The number of aliphatic hydroxyl groups is 1. The van der Waals surface area contributed by atoms with Crippen LogP contribution in [0.3, 0.4) is 0 Å². The van der Waals surface area contributed by atoms with Crippen molar-refractivity contribution in [3.05, 3.63) is 34.9 Å². The number of hydrogen-bond acceptors (Lipinski definition) is 3. The number of aliphatic hydroxyl groups excluding tert-OH is 1. The Balaban J connectivity index is 2.33. The van der Waals surface area contributed by atoms with Crippen molar-refractivity contribution in [1.82, 2.24) is 4.90 Å². The molecule has 20 heavy (non-hydrogen) atoms. The summed E-state index contributed by atoms with van der Waals surface area (Å²) in [4.78, 5) is 13.7. The monoisotopic (exact) mass is 285 g/mol. The Kier molecular flexibility index (Phi) is 4.35. The van der Waals surface area contributed by atoms with Crippen molar-refractivity contribution in [1.29, 1.82) is 0 Å². The molecule has 1 aliphatic heterocycles. The Morgan fingerprint density at radius 1 is 1.50 bits per heavy atom. The van der Waals surface area contributed by atoms with Gasteiger partial charge in [0.2, 0.25) is 0 Å². The van der Waals surface area contributed by atoms with Gasteiger partial charge in [-0.3, -0.25) is 4.79 Å². The van der Waals surface area contributed by atoms with Crippen LogP contribution in [0.25, 0.3) is 0 Å². The van der Waals surface area contributed by atoms with Gasteiger partial charge in [-0.05, 0) is 25.5 Å². The van der Waals surface area contributed by atoms with E-state index >= 15 is 0 Å². The normalized spacial score (nSPS) is 22.9. The predicted octanol–water partition coefficient (Wildman–Crippen LogP) is 1.50. The lowest BCUT2D eigenvalue weighted by atomic mass is 10.1. The highest BCUT2D eigenvalue weighted by Crippen LogP contribution is 2.21. The lowest BCUT2D eigenvalue weighted by Crippen LogP contribution is -2.52. The zero-order valence-corrected chi connectivity index (χ0v) is 11.4. The van der Waals surface area contributed by atoms with E-state index in [0.717, 1.165) is 6.07 Å². The fourth-order valence-corrected chi connectivity index (χ4v) is 2.21. The van der Waals surface area contributed by atoms with Gasteiger partial charge in [-0.1, -0.05) is 6.07 Å². The molecule has 6 heteroatoms. The number of halogens is 2. The highest BCUT2D eigenvalue weighted by atomic mass is 19.1. The maximum Gasteiger partial charge on any atom is 0.260 e. The van der Waals surface area contributed by atoms with Crippen LogP contribution < -0.4 is 0 Å². The summed E-state index contributed by atoms with van der Waals surface area (Å²) in [5, 5.41) is 9.09. The van der Waals surface area contributed by atoms with Crippen LogP contribution in [0.4, 0.5) is 8.78 Å². The van der Waals surface area contributed by atoms with Crippen LogP contribution in [0.15, 0.2) is 12.1 Å². The van der Waals surface area contributed by atoms with Gasteiger partial charge in [0.25, 0.3) is 5.91 Å². The van der Waals surface area contributed by atoms with Crippen molar-refractivity contribution >= 4 is 5.91 Å². The van der Waals surface area contributed by atoms with Gasteiger partial charge >= 0.3 is 0 Å². The number of ether oxygens (including phenoxy) is 1. The maximum absolute atomic E-state index is 14.0. The molecule has 110 valence electrons. The third-order valence-electron chi connectivity index (χ3n) is 3.47. The average Bonchev–Trinajstić information content (AvgIpc) is 2.43. The van der Waals surface area contributed by atoms with Gasteiger partial charge in [-0.25, -0.2) is 8.78 Å². The van der Waals surface area contributed by atoms with Crippen LogP contribution in [0, 0.1) is 18.6 Å². The second-order valence-electron chi connectivity index (χ2n) is 5.00. The molecular formula is C14H17F2NO3. The van der Waals surface area contributed by atoms with Gasteiger partial charge in [0.05, 0.1) is 25.4 Å². The van der Waals surface area contributed by atoms with E-state index in [9.17, 15) is 13.6 Å². The third-order valence-corrected chi connectivity index (χ3v) is 3.47. The Bertz CT molecular complexity index is 521. The largest absolute Gasteiger partial charge is 0.394 e. The Hall–Kier alpha value is -1.53. The van der Waals surface area contributed by atoms with Crippen molar-refractivity contribution in [3.8, 4) is 0 Å².